The number of anilines is 2. The Balaban J connectivity index is 1.88. The third-order valence-electron chi connectivity index (χ3n) is 3.47. The van der Waals surface area contributed by atoms with Gasteiger partial charge < -0.3 is 10.6 Å². The van der Waals surface area contributed by atoms with Crippen LogP contribution in [-0.4, -0.2) is 11.8 Å². The van der Waals surface area contributed by atoms with E-state index in [2.05, 4.69) is 10.6 Å². The predicted molar refractivity (Wildman–Crippen MR) is 98.6 cm³/mol. The van der Waals surface area contributed by atoms with Gasteiger partial charge in [0, 0.05) is 15.6 Å². The van der Waals surface area contributed by atoms with Crippen LogP contribution in [0, 0.1) is 6.92 Å². The van der Waals surface area contributed by atoms with Crippen molar-refractivity contribution >= 4 is 58.2 Å². The molecule has 0 bridgehead atoms. The van der Waals surface area contributed by atoms with Crippen LogP contribution < -0.4 is 10.6 Å². The van der Waals surface area contributed by atoms with Crippen molar-refractivity contribution in [3.05, 3.63) is 63.0 Å². The van der Waals surface area contributed by atoms with Crippen molar-refractivity contribution in [3.63, 3.8) is 0 Å². The first-order valence-corrected chi connectivity index (χ1v) is 8.59. The van der Waals surface area contributed by atoms with Crippen molar-refractivity contribution in [2.45, 2.75) is 11.8 Å². The molecule has 0 saturated carbocycles. The van der Waals surface area contributed by atoms with Gasteiger partial charge >= 0.3 is 0 Å². The largest absolute Gasteiger partial charge is 0.321 e. The van der Waals surface area contributed by atoms with E-state index in [0.717, 1.165) is 10.5 Å². The van der Waals surface area contributed by atoms with E-state index in [9.17, 15) is 9.59 Å². The molecule has 2 amide bonds. The van der Waals surface area contributed by atoms with Gasteiger partial charge in [0.15, 0.2) is 0 Å². The van der Waals surface area contributed by atoms with E-state index in [1.54, 1.807) is 31.2 Å². The summed E-state index contributed by atoms with van der Waals surface area (Å²) in [5.74, 6) is -0.958. The standard InChI is InChI=1S/C17H12Cl2N2O2S/c1-9-10(18)5-4-7-11(9)20-16(22)14(19)15-17(23)21-12-6-2-3-8-13(12)24-15/h2-8H,1H3,(H,20,22)(H,21,23)/b15-14-. The Morgan fingerprint density at radius 3 is 2.71 bits per heavy atom. The van der Waals surface area contributed by atoms with E-state index in [-0.39, 0.29) is 9.94 Å². The molecule has 1 aliphatic heterocycles. The Labute approximate surface area is 153 Å². The molecule has 7 heteroatoms. The van der Waals surface area contributed by atoms with Crippen molar-refractivity contribution in [1.29, 1.82) is 0 Å². The van der Waals surface area contributed by atoms with Gasteiger partial charge in [-0.2, -0.15) is 0 Å². The molecule has 122 valence electrons. The first-order chi connectivity index (χ1) is 11.5. The number of thioether (sulfide) groups is 1. The summed E-state index contributed by atoms with van der Waals surface area (Å²) in [6.45, 7) is 1.79. The number of benzene rings is 2. The van der Waals surface area contributed by atoms with Crippen LogP contribution in [-0.2, 0) is 9.59 Å². The van der Waals surface area contributed by atoms with Crippen LogP contribution in [0.1, 0.15) is 5.56 Å². The number of carbonyl (C=O) groups excluding carboxylic acids is 2. The number of carbonyl (C=O) groups is 2. The van der Waals surface area contributed by atoms with Crippen LogP contribution in [0.4, 0.5) is 11.4 Å². The third kappa shape index (κ3) is 3.29. The maximum absolute atomic E-state index is 12.4. The molecule has 0 unspecified atom stereocenters. The quantitative estimate of drug-likeness (QED) is 0.739. The summed E-state index contributed by atoms with van der Waals surface area (Å²) in [5.41, 5.74) is 1.98. The third-order valence-corrected chi connectivity index (χ3v) is 5.52. The van der Waals surface area contributed by atoms with Crippen LogP contribution in [0.3, 0.4) is 0 Å². The molecule has 24 heavy (non-hydrogen) atoms. The molecular formula is C17H12Cl2N2O2S. The normalized spacial score (nSPS) is 15.4. The molecule has 2 aromatic carbocycles. The summed E-state index contributed by atoms with van der Waals surface area (Å²) in [4.78, 5) is 25.6. The van der Waals surface area contributed by atoms with Crippen LogP contribution >= 0.6 is 35.0 Å². The Morgan fingerprint density at radius 1 is 1.17 bits per heavy atom. The molecule has 0 aromatic heterocycles. The highest BCUT2D eigenvalue weighted by Crippen LogP contribution is 2.40. The highest BCUT2D eigenvalue weighted by molar-refractivity contribution is 8.04. The number of amides is 2. The van der Waals surface area contributed by atoms with Gasteiger partial charge in [0.2, 0.25) is 0 Å². The van der Waals surface area contributed by atoms with E-state index in [4.69, 9.17) is 23.2 Å². The van der Waals surface area contributed by atoms with Crippen LogP contribution in [0.25, 0.3) is 0 Å². The lowest BCUT2D eigenvalue weighted by Gasteiger charge is -2.19. The highest BCUT2D eigenvalue weighted by Gasteiger charge is 2.26. The number of halogens is 2. The summed E-state index contributed by atoms with van der Waals surface area (Å²) in [7, 11) is 0. The predicted octanol–water partition coefficient (Wildman–Crippen LogP) is 4.78. The Morgan fingerprint density at radius 2 is 1.92 bits per heavy atom. The first-order valence-electron chi connectivity index (χ1n) is 7.02. The molecule has 4 nitrogen and oxygen atoms in total. The Hall–Kier alpha value is -1.95. The molecule has 2 N–H and O–H groups in total. The number of hydrogen-bond acceptors (Lipinski definition) is 3. The van der Waals surface area contributed by atoms with Gasteiger partial charge in [-0.15, -0.1) is 0 Å². The van der Waals surface area contributed by atoms with Gasteiger partial charge in [-0.05, 0) is 36.8 Å². The molecule has 3 rings (SSSR count). The minimum absolute atomic E-state index is 0.160. The number of fused-ring (bicyclic) bond motifs is 1. The number of nitrogens with one attached hydrogen (secondary N) is 2. The van der Waals surface area contributed by atoms with Crippen LogP contribution in [0.2, 0.25) is 5.02 Å². The zero-order chi connectivity index (χ0) is 17.3. The fourth-order valence-corrected chi connectivity index (χ4v) is 3.51. The first kappa shape index (κ1) is 16.9. The lowest BCUT2D eigenvalue weighted by Crippen LogP contribution is -2.22. The maximum Gasteiger partial charge on any atom is 0.268 e. The zero-order valence-electron chi connectivity index (χ0n) is 12.5. The van der Waals surface area contributed by atoms with Crippen molar-refractivity contribution in [3.8, 4) is 0 Å². The SMILES string of the molecule is Cc1c(Cl)cccc1NC(=O)/C(Cl)=C1/Sc2ccccc2NC1=O. The second-order valence-electron chi connectivity index (χ2n) is 5.06. The summed E-state index contributed by atoms with van der Waals surface area (Å²) < 4.78 is 0. The average molecular weight is 379 g/mol. The second-order valence-corrected chi connectivity index (χ2v) is 6.90. The maximum atomic E-state index is 12.4. The molecular weight excluding hydrogens is 367 g/mol. The van der Waals surface area contributed by atoms with Crippen LogP contribution in [0.5, 0.6) is 0 Å². The summed E-state index contributed by atoms with van der Waals surface area (Å²) in [6, 6.07) is 12.5. The van der Waals surface area contributed by atoms with Gasteiger partial charge in [0.05, 0.1) is 5.69 Å². The molecule has 1 aliphatic rings. The van der Waals surface area contributed by atoms with Crippen molar-refractivity contribution < 1.29 is 9.59 Å². The average Bonchev–Trinajstić information content (AvgIpc) is 2.57. The summed E-state index contributed by atoms with van der Waals surface area (Å²) >= 11 is 13.4. The summed E-state index contributed by atoms with van der Waals surface area (Å²) in [6.07, 6.45) is 0. The second kappa shape index (κ2) is 6.89. The van der Waals surface area contributed by atoms with Gasteiger partial charge in [0.25, 0.3) is 11.8 Å². The monoisotopic (exact) mass is 378 g/mol. The van der Waals surface area contributed by atoms with Crippen LogP contribution in [0.15, 0.2) is 57.3 Å². The Bertz CT molecular complexity index is 881. The van der Waals surface area contributed by atoms with Gasteiger partial charge in [-0.3, -0.25) is 9.59 Å². The lowest BCUT2D eigenvalue weighted by molar-refractivity contribution is -0.114. The van der Waals surface area contributed by atoms with Gasteiger partial charge in [0.1, 0.15) is 9.94 Å². The molecule has 0 saturated heterocycles. The number of para-hydroxylation sites is 1. The molecule has 2 aromatic rings. The number of hydrogen-bond donors (Lipinski definition) is 2. The zero-order valence-corrected chi connectivity index (χ0v) is 14.9. The summed E-state index contributed by atoms with van der Waals surface area (Å²) in [5, 5.41) is 5.79. The highest BCUT2D eigenvalue weighted by atomic mass is 35.5. The van der Waals surface area contributed by atoms with E-state index in [1.807, 2.05) is 18.2 Å². The molecule has 0 aliphatic carbocycles. The molecule has 0 fully saturated rings. The van der Waals surface area contributed by atoms with Gasteiger partial charge in [-0.1, -0.05) is 53.2 Å². The van der Waals surface area contributed by atoms with Crippen molar-refractivity contribution in [2.75, 3.05) is 10.6 Å². The molecule has 0 spiro atoms. The fourth-order valence-electron chi connectivity index (χ4n) is 2.16. The van der Waals surface area contributed by atoms with Crippen molar-refractivity contribution in [1.82, 2.24) is 0 Å². The number of rotatable bonds is 2. The van der Waals surface area contributed by atoms with Crippen molar-refractivity contribution in [2.24, 2.45) is 0 Å². The smallest absolute Gasteiger partial charge is 0.268 e. The molecule has 0 atom stereocenters. The minimum atomic E-state index is -0.556. The lowest BCUT2D eigenvalue weighted by atomic mass is 10.2. The minimum Gasteiger partial charge on any atom is -0.321 e. The molecule has 1 heterocycles. The topological polar surface area (TPSA) is 58.2 Å². The van der Waals surface area contributed by atoms with E-state index < -0.39 is 11.8 Å². The van der Waals surface area contributed by atoms with E-state index in [1.165, 1.54) is 11.8 Å². The Kier molecular flexibility index (Phi) is 4.85. The molecule has 0 radical (unpaired) electrons. The van der Waals surface area contributed by atoms with E-state index >= 15 is 0 Å². The van der Waals surface area contributed by atoms with E-state index in [0.29, 0.717) is 16.4 Å². The van der Waals surface area contributed by atoms with Gasteiger partial charge in [-0.25, -0.2) is 0 Å². The fraction of sp³-hybridized carbons (Fsp3) is 0.0588.